The van der Waals surface area contributed by atoms with Gasteiger partial charge in [0.25, 0.3) is 0 Å². The number of carbonyl (C=O) groups is 3. The number of guanidine groups is 1. The number of amides is 1. The molecule has 0 saturated carbocycles. The molecule has 11 heteroatoms. The van der Waals surface area contributed by atoms with Crippen LogP contribution in [-0.4, -0.2) is 87.6 Å². The van der Waals surface area contributed by atoms with Gasteiger partial charge < -0.3 is 37.2 Å². The fraction of sp³-hybridized carbons (Fsp3) is 0.913. The number of hydrogen-bond acceptors (Lipinski definition) is 6. The zero-order valence-corrected chi connectivity index (χ0v) is 38.4. The standard InChI is InChI=1S/C46H92N6O5/c1-9-11-13-15-17-19-21-23-25-27-29-31-34-51(35-32-30-28-26-24-22-20-18-16-14-12-10-2)39(53)33-36-52(38-46(49,41(56)57)44(6,7)8)42(47)50-37-45(48,40(54)55)43(3,4)5/h9-38,48-49H2,1-8H3,(H2,47,50)(H,54,55)(H,56,57). The summed E-state index contributed by atoms with van der Waals surface area (Å²) >= 11 is 0. The molecule has 0 spiro atoms. The molecule has 0 aromatic rings. The summed E-state index contributed by atoms with van der Waals surface area (Å²) in [6.45, 7) is 15.8. The Hall–Kier alpha value is -2.40. The van der Waals surface area contributed by atoms with Crippen molar-refractivity contribution in [2.75, 3.05) is 32.7 Å². The van der Waals surface area contributed by atoms with Crippen LogP contribution in [0, 0.1) is 10.8 Å². The van der Waals surface area contributed by atoms with Crippen LogP contribution < -0.4 is 17.2 Å². The Labute approximate surface area is 350 Å². The first-order chi connectivity index (χ1) is 26.8. The van der Waals surface area contributed by atoms with Gasteiger partial charge in [-0.1, -0.05) is 197 Å². The Bertz CT molecular complexity index is 1090. The third-order valence-corrected chi connectivity index (χ3v) is 12.2. The molecule has 0 radical (unpaired) electrons. The van der Waals surface area contributed by atoms with Gasteiger partial charge in [-0.15, -0.1) is 0 Å². The normalized spacial score (nSPS) is 14.6. The second-order valence-corrected chi connectivity index (χ2v) is 19.1. The van der Waals surface area contributed by atoms with Gasteiger partial charge in [0.05, 0.1) is 13.1 Å². The lowest BCUT2D eigenvalue weighted by Crippen LogP contribution is -2.65. The largest absolute Gasteiger partial charge is 0.480 e. The molecule has 0 aliphatic heterocycles. The van der Waals surface area contributed by atoms with Crippen LogP contribution in [0.25, 0.3) is 0 Å². The molecular formula is C46H92N6O5. The van der Waals surface area contributed by atoms with Crippen LogP contribution in [0.2, 0.25) is 0 Å². The maximum Gasteiger partial charge on any atom is 0.326 e. The van der Waals surface area contributed by atoms with Crippen molar-refractivity contribution in [1.29, 1.82) is 0 Å². The fourth-order valence-electron chi connectivity index (χ4n) is 7.17. The number of unbranched alkanes of at least 4 members (excludes halogenated alkanes) is 22. The van der Waals surface area contributed by atoms with E-state index < -0.39 is 33.8 Å². The smallest absolute Gasteiger partial charge is 0.326 e. The van der Waals surface area contributed by atoms with Crippen LogP contribution in [0.3, 0.4) is 0 Å². The molecule has 2 atom stereocenters. The third-order valence-electron chi connectivity index (χ3n) is 12.2. The monoisotopic (exact) mass is 809 g/mol. The summed E-state index contributed by atoms with van der Waals surface area (Å²) in [7, 11) is 0. The first-order valence-corrected chi connectivity index (χ1v) is 23.2. The summed E-state index contributed by atoms with van der Waals surface area (Å²) in [4.78, 5) is 46.7. The first kappa shape index (κ1) is 54.6. The Balaban J connectivity index is 5.65. The molecule has 0 aromatic carbocycles. The van der Waals surface area contributed by atoms with E-state index in [0.717, 1.165) is 25.7 Å². The van der Waals surface area contributed by atoms with Crippen molar-refractivity contribution < 1.29 is 24.6 Å². The summed E-state index contributed by atoms with van der Waals surface area (Å²) in [6, 6.07) is 0. The lowest BCUT2D eigenvalue weighted by molar-refractivity contribution is -0.148. The minimum atomic E-state index is -1.74. The number of carboxylic acid groups (broad SMARTS) is 2. The molecule has 0 aliphatic carbocycles. The van der Waals surface area contributed by atoms with E-state index in [1.54, 1.807) is 41.5 Å². The van der Waals surface area contributed by atoms with E-state index in [2.05, 4.69) is 18.8 Å². The number of aliphatic carboxylic acids is 2. The van der Waals surface area contributed by atoms with Crippen LogP contribution in [0.15, 0.2) is 4.99 Å². The molecule has 0 rings (SSSR count). The maximum absolute atomic E-state index is 13.9. The highest BCUT2D eigenvalue weighted by Gasteiger charge is 2.48. The molecule has 0 heterocycles. The lowest BCUT2D eigenvalue weighted by atomic mass is 9.73. The van der Waals surface area contributed by atoms with Crippen molar-refractivity contribution >= 4 is 23.8 Å². The predicted molar refractivity (Wildman–Crippen MR) is 239 cm³/mol. The fourth-order valence-corrected chi connectivity index (χ4v) is 7.17. The van der Waals surface area contributed by atoms with Gasteiger partial charge in [0.2, 0.25) is 5.91 Å². The summed E-state index contributed by atoms with van der Waals surface area (Å²) in [5.74, 6) is -2.51. The van der Waals surface area contributed by atoms with Crippen molar-refractivity contribution in [1.82, 2.24) is 9.80 Å². The minimum absolute atomic E-state index is 0.0129. The third kappa shape index (κ3) is 22.5. The molecule has 8 N–H and O–H groups in total. The van der Waals surface area contributed by atoms with E-state index >= 15 is 0 Å². The van der Waals surface area contributed by atoms with Gasteiger partial charge in [-0.25, -0.2) is 0 Å². The van der Waals surface area contributed by atoms with E-state index in [1.165, 1.54) is 133 Å². The molecule has 2 unspecified atom stereocenters. The molecule has 0 fully saturated rings. The Morgan fingerprint density at radius 3 is 1.11 bits per heavy atom. The molecule has 11 nitrogen and oxygen atoms in total. The molecule has 0 aromatic heterocycles. The number of aliphatic imine (C=N–C) groups is 1. The second kappa shape index (κ2) is 29.8. The number of hydrogen-bond donors (Lipinski definition) is 5. The van der Waals surface area contributed by atoms with E-state index in [-0.39, 0.29) is 37.9 Å². The Morgan fingerprint density at radius 1 is 0.491 bits per heavy atom. The Morgan fingerprint density at radius 2 is 0.807 bits per heavy atom. The zero-order chi connectivity index (χ0) is 43.4. The molecular weight excluding hydrogens is 717 g/mol. The summed E-state index contributed by atoms with van der Waals surface area (Å²) in [6.07, 6.45) is 30.2. The van der Waals surface area contributed by atoms with Crippen LogP contribution in [-0.2, 0) is 14.4 Å². The topological polar surface area (TPSA) is 189 Å². The van der Waals surface area contributed by atoms with Crippen molar-refractivity contribution in [2.24, 2.45) is 33.0 Å². The van der Waals surface area contributed by atoms with Gasteiger partial charge in [0, 0.05) is 26.1 Å². The van der Waals surface area contributed by atoms with Gasteiger partial charge in [-0.2, -0.15) is 0 Å². The number of nitrogens with two attached hydrogens (primary N) is 3. The van der Waals surface area contributed by atoms with E-state index in [4.69, 9.17) is 17.2 Å². The second-order valence-electron chi connectivity index (χ2n) is 19.1. The van der Waals surface area contributed by atoms with Gasteiger partial charge >= 0.3 is 11.9 Å². The van der Waals surface area contributed by atoms with Crippen LogP contribution in [0.5, 0.6) is 0 Å². The molecule has 0 bridgehead atoms. The maximum atomic E-state index is 13.9. The van der Waals surface area contributed by atoms with Crippen LogP contribution in [0.4, 0.5) is 0 Å². The summed E-state index contributed by atoms with van der Waals surface area (Å²) < 4.78 is 0. The quantitative estimate of drug-likeness (QED) is 0.0236. The van der Waals surface area contributed by atoms with Crippen LogP contribution in [0.1, 0.15) is 216 Å². The molecule has 1 amide bonds. The highest BCUT2D eigenvalue weighted by atomic mass is 16.4. The average molecular weight is 809 g/mol. The number of carbonyl (C=O) groups excluding carboxylic acids is 1. The summed E-state index contributed by atoms with van der Waals surface area (Å²) in [5.41, 5.74) is 14.2. The van der Waals surface area contributed by atoms with Gasteiger partial charge in [0.1, 0.15) is 11.1 Å². The molecule has 336 valence electrons. The number of nitrogens with zero attached hydrogens (tertiary/aromatic N) is 3. The van der Waals surface area contributed by atoms with Crippen molar-refractivity contribution in [3.8, 4) is 0 Å². The number of carboxylic acids is 2. The van der Waals surface area contributed by atoms with Crippen molar-refractivity contribution in [3.05, 3.63) is 0 Å². The number of rotatable bonds is 35. The predicted octanol–water partition coefficient (Wildman–Crippen LogP) is 9.88. The molecule has 57 heavy (non-hydrogen) atoms. The summed E-state index contributed by atoms with van der Waals surface area (Å²) in [5, 5.41) is 20.3. The highest BCUT2D eigenvalue weighted by Crippen LogP contribution is 2.31. The first-order valence-electron chi connectivity index (χ1n) is 23.2. The average Bonchev–Trinajstić information content (AvgIpc) is 3.13. The SMILES string of the molecule is CCCCCCCCCCCCCCN(CCCCCCCCCCCCCC)C(=O)CCN(CC(N)(C(=O)O)C(C)(C)C)C(N)=NCC(N)(C(=O)O)C(C)(C)C. The van der Waals surface area contributed by atoms with Gasteiger partial charge in [0.15, 0.2) is 5.96 Å². The highest BCUT2D eigenvalue weighted by molar-refractivity contribution is 5.85. The molecule has 0 saturated heterocycles. The minimum Gasteiger partial charge on any atom is -0.480 e. The zero-order valence-electron chi connectivity index (χ0n) is 38.4. The van der Waals surface area contributed by atoms with Crippen molar-refractivity contribution in [2.45, 2.75) is 227 Å². The van der Waals surface area contributed by atoms with E-state index in [0.29, 0.717) is 13.1 Å². The Kier molecular flexibility index (Phi) is 28.5. The van der Waals surface area contributed by atoms with E-state index in [9.17, 15) is 24.6 Å². The van der Waals surface area contributed by atoms with Crippen LogP contribution >= 0.6 is 0 Å². The molecule has 0 aliphatic rings. The van der Waals surface area contributed by atoms with Gasteiger partial charge in [-0.3, -0.25) is 19.4 Å². The van der Waals surface area contributed by atoms with E-state index in [1.807, 2.05) is 4.90 Å². The lowest BCUT2D eigenvalue weighted by Gasteiger charge is -2.42. The van der Waals surface area contributed by atoms with Gasteiger partial charge in [-0.05, 0) is 23.7 Å². The van der Waals surface area contributed by atoms with Crippen molar-refractivity contribution in [3.63, 3.8) is 0 Å².